The third-order valence-electron chi connectivity index (χ3n) is 6.28. The van der Waals surface area contributed by atoms with E-state index in [1.807, 2.05) is 42.2 Å². The van der Waals surface area contributed by atoms with Crippen molar-refractivity contribution in [1.82, 2.24) is 25.6 Å². The first-order valence-electron chi connectivity index (χ1n) is 12.3. The SMILES string of the molecule is C[C@@H]1CN(c2cccc(-c3ccc4cnc(CNC(=O)c5cccc(S(=O)(=O)C(F)F)c5)cc4n3)n2)CC(=O)N1. The maximum absolute atomic E-state index is 12.9. The van der Waals surface area contributed by atoms with Crippen LogP contribution in [0.2, 0.25) is 0 Å². The summed E-state index contributed by atoms with van der Waals surface area (Å²) in [6.45, 7) is 2.79. The van der Waals surface area contributed by atoms with Crippen LogP contribution in [0, 0.1) is 0 Å². The van der Waals surface area contributed by atoms with Crippen molar-refractivity contribution < 1.29 is 26.8 Å². The molecule has 0 bridgehead atoms. The van der Waals surface area contributed by atoms with Crippen molar-refractivity contribution in [3.63, 3.8) is 0 Å². The van der Waals surface area contributed by atoms with Gasteiger partial charge in [0, 0.05) is 29.7 Å². The summed E-state index contributed by atoms with van der Waals surface area (Å²) >= 11 is 0. The lowest BCUT2D eigenvalue weighted by atomic mass is 10.1. The molecule has 0 radical (unpaired) electrons. The smallest absolute Gasteiger partial charge is 0.341 e. The van der Waals surface area contributed by atoms with E-state index < -0.39 is 26.4 Å². The van der Waals surface area contributed by atoms with Crippen LogP contribution in [0.25, 0.3) is 22.3 Å². The number of nitrogens with one attached hydrogen (secondary N) is 2. The Kier molecular flexibility index (Phi) is 7.39. The minimum absolute atomic E-state index is 0.00451. The van der Waals surface area contributed by atoms with Crippen molar-refractivity contribution >= 4 is 38.4 Å². The topological polar surface area (TPSA) is 134 Å². The van der Waals surface area contributed by atoms with Gasteiger partial charge < -0.3 is 15.5 Å². The van der Waals surface area contributed by atoms with E-state index in [4.69, 9.17) is 9.97 Å². The molecular formula is C27H24F2N6O4S. The number of piperazine rings is 1. The van der Waals surface area contributed by atoms with Crippen LogP contribution in [-0.4, -0.2) is 60.1 Å². The Morgan fingerprint density at radius 2 is 1.88 bits per heavy atom. The fourth-order valence-corrected chi connectivity index (χ4v) is 5.10. The number of anilines is 1. The lowest BCUT2D eigenvalue weighted by Crippen LogP contribution is -2.53. The fraction of sp³-hybridized carbons (Fsp3) is 0.222. The number of carbonyl (C=O) groups is 2. The number of hydrogen-bond acceptors (Lipinski definition) is 8. The standard InChI is InChI=1S/C27H24F2N6O4S/c1-16-14-35(15-25(36)32-16)24-7-3-6-21(34-24)22-9-8-18-12-30-19(11-23(18)33-22)13-31-26(37)17-4-2-5-20(10-17)40(38,39)27(28)29/h2-12,16,27H,13-15H2,1H3,(H,31,37)(H,32,36)/t16-/m1/s1. The van der Waals surface area contributed by atoms with Crippen molar-refractivity contribution in [1.29, 1.82) is 0 Å². The molecule has 1 atom stereocenters. The number of hydrogen-bond donors (Lipinski definition) is 2. The third-order valence-corrected chi connectivity index (χ3v) is 7.66. The normalized spacial score (nSPS) is 15.8. The highest BCUT2D eigenvalue weighted by Gasteiger charge is 2.27. The first kappa shape index (κ1) is 27.1. The van der Waals surface area contributed by atoms with Crippen LogP contribution in [0.5, 0.6) is 0 Å². The van der Waals surface area contributed by atoms with Crippen LogP contribution >= 0.6 is 0 Å². The van der Waals surface area contributed by atoms with Crippen molar-refractivity contribution in [2.24, 2.45) is 0 Å². The largest absolute Gasteiger partial charge is 0.350 e. The highest BCUT2D eigenvalue weighted by molar-refractivity contribution is 7.91. The van der Waals surface area contributed by atoms with Gasteiger partial charge in [0.25, 0.3) is 5.91 Å². The quantitative estimate of drug-likeness (QED) is 0.349. The van der Waals surface area contributed by atoms with E-state index in [1.54, 1.807) is 12.3 Å². The first-order chi connectivity index (χ1) is 19.1. The van der Waals surface area contributed by atoms with Crippen molar-refractivity contribution in [2.45, 2.75) is 30.2 Å². The van der Waals surface area contributed by atoms with Crippen LogP contribution in [0.15, 0.2) is 71.8 Å². The van der Waals surface area contributed by atoms with Gasteiger partial charge in [-0.2, -0.15) is 8.78 Å². The monoisotopic (exact) mass is 566 g/mol. The number of halogens is 2. The number of carbonyl (C=O) groups excluding carboxylic acids is 2. The molecule has 1 aliphatic rings. The van der Waals surface area contributed by atoms with Crippen molar-refractivity contribution in [3.8, 4) is 11.4 Å². The molecule has 0 unspecified atom stereocenters. The summed E-state index contributed by atoms with van der Waals surface area (Å²) in [4.78, 5) is 39.6. The highest BCUT2D eigenvalue weighted by Crippen LogP contribution is 2.23. The van der Waals surface area contributed by atoms with Crippen molar-refractivity contribution in [3.05, 3.63) is 78.1 Å². The number of amides is 2. The van der Waals surface area contributed by atoms with Gasteiger partial charge in [-0.15, -0.1) is 0 Å². The summed E-state index contributed by atoms with van der Waals surface area (Å²) in [6.07, 6.45) is 1.61. The molecule has 3 aromatic heterocycles. The van der Waals surface area contributed by atoms with Crippen LogP contribution in [-0.2, 0) is 21.2 Å². The van der Waals surface area contributed by atoms with E-state index in [2.05, 4.69) is 15.6 Å². The fourth-order valence-electron chi connectivity index (χ4n) is 4.34. The van der Waals surface area contributed by atoms with Gasteiger partial charge >= 0.3 is 5.76 Å². The van der Waals surface area contributed by atoms with Gasteiger partial charge in [0.2, 0.25) is 15.7 Å². The molecule has 2 N–H and O–H groups in total. The summed E-state index contributed by atoms with van der Waals surface area (Å²) < 4.78 is 49.2. The van der Waals surface area contributed by atoms with Gasteiger partial charge in [-0.1, -0.05) is 12.1 Å². The van der Waals surface area contributed by atoms with Gasteiger partial charge in [-0.05, 0) is 55.5 Å². The summed E-state index contributed by atoms with van der Waals surface area (Å²) in [5.74, 6) is -3.62. The minimum Gasteiger partial charge on any atom is -0.350 e. The van der Waals surface area contributed by atoms with Gasteiger partial charge in [-0.25, -0.2) is 18.4 Å². The maximum Gasteiger partial charge on any atom is 0.341 e. The molecule has 5 rings (SSSR count). The number of rotatable bonds is 7. The third kappa shape index (κ3) is 5.73. The van der Waals surface area contributed by atoms with Gasteiger partial charge in [0.05, 0.1) is 40.6 Å². The Labute approximate surface area is 228 Å². The van der Waals surface area contributed by atoms with E-state index >= 15 is 0 Å². The molecule has 4 aromatic rings. The Morgan fingerprint density at radius 1 is 1.10 bits per heavy atom. The number of benzene rings is 1. The van der Waals surface area contributed by atoms with Crippen molar-refractivity contribution in [2.75, 3.05) is 18.0 Å². The predicted octanol–water partition coefficient (Wildman–Crippen LogP) is 2.94. The van der Waals surface area contributed by atoms with E-state index in [0.717, 1.165) is 17.5 Å². The summed E-state index contributed by atoms with van der Waals surface area (Å²) in [7, 11) is -4.83. The Hall–Kier alpha value is -4.52. The number of fused-ring (bicyclic) bond motifs is 1. The second-order valence-electron chi connectivity index (χ2n) is 9.31. The second-order valence-corrected chi connectivity index (χ2v) is 11.2. The van der Waals surface area contributed by atoms with Crippen LogP contribution in [0.4, 0.5) is 14.6 Å². The van der Waals surface area contributed by atoms with Gasteiger partial charge in [0.15, 0.2) is 0 Å². The predicted molar refractivity (Wildman–Crippen MR) is 143 cm³/mol. The van der Waals surface area contributed by atoms with Gasteiger partial charge in [-0.3, -0.25) is 14.6 Å². The molecule has 13 heteroatoms. The number of pyridine rings is 3. The molecule has 40 heavy (non-hydrogen) atoms. The van der Waals surface area contributed by atoms with Crippen LogP contribution in [0.1, 0.15) is 23.0 Å². The molecule has 1 saturated heterocycles. The van der Waals surface area contributed by atoms with Crippen LogP contribution < -0.4 is 15.5 Å². The molecule has 10 nitrogen and oxygen atoms in total. The minimum atomic E-state index is -4.83. The molecule has 206 valence electrons. The summed E-state index contributed by atoms with van der Waals surface area (Å²) in [5, 5.41) is 6.27. The average Bonchev–Trinajstić information content (AvgIpc) is 2.95. The zero-order valence-electron chi connectivity index (χ0n) is 21.2. The lowest BCUT2D eigenvalue weighted by Gasteiger charge is -2.32. The summed E-state index contributed by atoms with van der Waals surface area (Å²) in [5.41, 5.74) is 2.26. The molecule has 1 aliphatic heterocycles. The zero-order chi connectivity index (χ0) is 28.4. The Morgan fingerprint density at radius 3 is 2.65 bits per heavy atom. The number of aromatic nitrogens is 3. The second kappa shape index (κ2) is 10.9. The molecule has 0 spiro atoms. The van der Waals surface area contributed by atoms with E-state index in [-0.39, 0.29) is 30.6 Å². The maximum atomic E-state index is 12.9. The van der Waals surface area contributed by atoms with E-state index in [1.165, 1.54) is 12.1 Å². The molecular weight excluding hydrogens is 542 g/mol. The highest BCUT2D eigenvalue weighted by atomic mass is 32.2. The Balaban J connectivity index is 1.33. The van der Waals surface area contributed by atoms with E-state index in [0.29, 0.717) is 35.0 Å². The molecule has 4 heterocycles. The zero-order valence-corrected chi connectivity index (χ0v) is 22.0. The number of alkyl halides is 2. The Bertz CT molecular complexity index is 1720. The molecule has 0 aliphatic carbocycles. The molecule has 1 aromatic carbocycles. The van der Waals surface area contributed by atoms with Gasteiger partial charge in [0.1, 0.15) is 5.82 Å². The number of nitrogens with zero attached hydrogens (tertiary/aromatic N) is 4. The summed E-state index contributed by atoms with van der Waals surface area (Å²) in [6, 6.07) is 15.4. The first-order valence-corrected chi connectivity index (χ1v) is 13.8. The molecule has 1 fully saturated rings. The average molecular weight is 567 g/mol. The molecule has 2 amide bonds. The molecule has 0 saturated carbocycles. The number of sulfone groups is 1. The van der Waals surface area contributed by atoms with E-state index in [9.17, 15) is 26.8 Å². The lowest BCUT2D eigenvalue weighted by molar-refractivity contribution is -0.121. The van der Waals surface area contributed by atoms with Crippen LogP contribution in [0.3, 0.4) is 0 Å².